The molecule has 32 heavy (non-hydrogen) atoms. The van der Waals surface area contributed by atoms with Gasteiger partial charge in [0, 0.05) is 37.9 Å². The summed E-state index contributed by atoms with van der Waals surface area (Å²) < 4.78 is 33.2. The molecule has 0 fully saturated rings. The largest absolute Gasteiger partial charge is 0.487 e. The highest BCUT2D eigenvalue weighted by molar-refractivity contribution is 5.86. The number of aromatic nitrogens is 3. The number of aliphatic hydroxyl groups excluding tert-OH is 1. The molecule has 2 N–H and O–H groups in total. The third-order valence-electron chi connectivity index (χ3n) is 5.08. The van der Waals surface area contributed by atoms with Crippen molar-refractivity contribution in [3.05, 3.63) is 53.5 Å². The molecule has 1 aromatic carbocycles. The number of amides is 1. The molecule has 0 spiro atoms. The lowest BCUT2D eigenvalue weighted by Crippen LogP contribution is -2.26. The summed E-state index contributed by atoms with van der Waals surface area (Å²) in [6.07, 6.45) is 4.11. The molecular weight excluding hydrogens is 418 g/mol. The fraction of sp³-hybridized carbons (Fsp3) is 0.435. The van der Waals surface area contributed by atoms with Crippen LogP contribution in [0.5, 0.6) is 5.75 Å². The van der Waals surface area contributed by atoms with Crippen molar-refractivity contribution in [3.63, 3.8) is 0 Å². The van der Waals surface area contributed by atoms with Gasteiger partial charge in [-0.25, -0.2) is 8.78 Å². The lowest BCUT2D eigenvalue weighted by Gasteiger charge is -2.17. The molecule has 3 aromatic rings. The number of fused-ring (bicyclic) bond motifs is 1. The fourth-order valence-electron chi connectivity index (χ4n) is 3.33. The Hall–Kier alpha value is -3.07. The number of aliphatic hydroxyl groups is 1. The lowest BCUT2D eigenvalue weighted by atomic mass is 10.1. The minimum atomic E-state index is -2.89. The van der Waals surface area contributed by atoms with Crippen LogP contribution in [0.25, 0.3) is 10.9 Å². The summed E-state index contributed by atoms with van der Waals surface area (Å²) >= 11 is 0. The molecule has 0 saturated carbocycles. The highest BCUT2D eigenvalue weighted by Crippen LogP contribution is 2.27. The molecule has 0 aliphatic heterocycles. The van der Waals surface area contributed by atoms with Gasteiger partial charge in [0.2, 0.25) is 5.91 Å². The second kappa shape index (κ2) is 10.0. The minimum Gasteiger partial charge on any atom is -0.487 e. The maximum atomic E-state index is 13.1. The second-order valence-corrected chi connectivity index (χ2v) is 7.96. The predicted octanol–water partition coefficient (Wildman–Crippen LogP) is 3.42. The highest BCUT2D eigenvalue weighted by atomic mass is 19.3. The van der Waals surface area contributed by atoms with Crippen LogP contribution in [0.1, 0.15) is 43.1 Å². The second-order valence-electron chi connectivity index (χ2n) is 7.96. The Morgan fingerprint density at radius 1 is 1.34 bits per heavy atom. The van der Waals surface area contributed by atoms with Crippen LogP contribution in [-0.2, 0) is 11.2 Å². The van der Waals surface area contributed by atoms with Gasteiger partial charge < -0.3 is 15.2 Å². The van der Waals surface area contributed by atoms with E-state index in [-0.39, 0.29) is 25.0 Å². The zero-order valence-electron chi connectivity index (χ0n) is 18.4. The van der Waals surface area contributed by atoms with Crippen LogP contribution in [0, 0.1) is 6.92 Å². The number of halogens is 2. The number of rotatable bonds is 10. The van der Waals surface area contributed by atoms with Gasteiger partial charge >= 0.3 is 0 Å². The van der Waals surface area contributed by atoms with E-state index in [1.165, 1.54) is 0 Å². The molecule has 0 radical (unpaired) electrons. The Balaban J connectivity index is 1.78. The number of pyridine rings is 1. The number of hydrogen-bond acceptors (Lipinski definition) is 5. The van der Waals surface area contributed by atoms with Gasteiger partial charge in [0.25, 0.3) is 5.92 Å². The summed E-state index contributed by atoms with van der Waals surface area (Å²) in [6.45, 7) is 4.39. The zero-order valence-corrected chi connectivity index (χ0v) is 18.4. The van der Waals surface area contributed by atoms with E-state index in [0.717, 1.165) is 29.0 Å². The predicted molar refractivity (Wildman–Crippen MR) is 117 cm³/mol. The van der Waals surface area contributed by atoms with Crippen LogP contribution in [0.3, 0.4) is 0 Å². The molecular formula is C23H28F2N4O3. The van der Waals surface area contributed by atoms with Gasteiger partial charge in [-0.3, -0.25) is 14.5 Å². The number of nitrogens with one attached hydrogen (secondary N) is 1. The summed E-state index contributed by atoms with van der Waals surface area (Å²) in [7, 11) is 0. The number of carbonyl (C=O) groups is 1. The first kappa shape index (κ1) is 23.6. The molecule has 7 nitrogen and oxygen atoms in total. The average molecular weight is 446 g/mol. The molecule has 0 aliphatic carbocycles. The average Bonchev–Trinajstić information content (AvgIpc) is 3.17. The van der Waals surface area contributed by atoms with E-state index in [9.17, 15) is 13.6 Å². The third kappa shape index (κ3) is 6.00. The van der Waals surface area contributed by atoms with Crippen LogP contribution in [-0.4, -0.2) is 51.5 Å². The first-order chi connectivity index (χ1) is 15.2. The standard InChI is InChI=1S/C23H28F2N4O3/c1-15-11-17(5-6-21(15)32-14-23(3,24)25)16(2)29-13-18-19(28-29)7-9-26-20(18)12-22(31)27-8-4-10-30/h5-7,9,11,13,16,30H,4,8,10,12,14H2,1-3H3,(H,27,31). The first-order valence-corrected chi connectivity index (χ1v) is 10.5. The number of ether oxygens (including phenoxy) is 1. The number of alkyl halides is 2. The van der Waals surface area contributed by atoms with Crippen molar-refractivity contribution in [1.82, 2.24) is 20.1 Å². The molecule has 9 heteroatoms. The van der Waals surface area contributed by atoms with Crippen molar-refractivity contribution in [3.8, 4) is 5.75 Å². The summed E-state index contributed by atoms with van der Waals surface area (Å²) in [5.74, 6) is -2.63. The van der Waals surface area contributed by atoms with Gasteiger partial charge in [-0.15, -0.1) is 0 Å². The van der Waals surface area contributed by atoms with E-state index in [2.05, 4.69) is 15.4 Å². The Bertz CT molecular complexity index is 1080. The summed E-state index contributed by atoms with van der Waals surface area (Å²) in [4.78, 5) is 16.5. The van der Waals surface area contributed by atoms with Gasteiger partial charge in [-0.05, 0) is 43.5 Å². The molecule has 0 bridgehead atoms. The van der Waals surface area contributed by atoms with Gasteiger partial charge in [-0.1, -0.05) is 12.1 Å². The third-order valence-corrected chi connectivity index (χ3v) is 5.08. The monoisotopic (exact) mass is 446 g/mol. The smallest absolute Gasteiger partial charge is 0.278 e. The summed E-state index contributed by atoms with van der Waals surface area (Å²) in [5.41, 5.74) is 3.06. The van der Waals surface area contributed by atoms with Crippen LogP contribution in [0.15, 0.2) is 36.7 Å². The number of nitrogens with zero attached hydrogens (tertiary/aromatic N) is 3. The van der Waals surface area contributed by atoms with Crippen molar-refractivity contribution in [1.29, 1.82) is 0 Å². The minimum absolute atomic E-state index is 0.0242. The van der Waals surface area contributed by atoms with Crippen molar-refractivity contribution >= 4 is 16.8 Å². The Morgan fingerprint density at radius 2 is 2.12 bits per heavy atom. The lowest BCUT2D eigenvalue weighted by molar-refractivity contribution is -0.120. The first-order valence-electron chi connectivity index (χ1n) is 10.5. The quantitative estimate of drug-likeness (QED) is 0.466. The van der Waals surface area contributed by atoms with Gasteiger partial charge in [-0.2, -0.15) is 5.10 Å². The van der Waals surface area contributed by atoms with Crippen molar-refractivity contribution in [2.75, 3.05) is 19.8 Å². The Morgan fingerprint density at radius 3 is 2.81 bits per heavy atom. The molecule has 2 aromatic heterocycles. The van der Waals surface area contributed by atoms with Crippen LogP contribution < -0.4 is 10.1 Å². The summed E-state index contributed by atoms with van der Waals surface area (Å²) in [6, 6.07) is 7.09. The number of carbonyl (C=O) groups excluding carboxylic acids is 1. The normalized spacial score (nSPS) is 12.7. The van der Waals surface area contributed by atoms with Crippen LogP contribution >= 0.6 is 0 Å². The van der Waals surface area contributed by atoms with E-state index in [0.29, 0.717) is 24.4 Å². The molecule has 2 heterocycles. The molecule has 1 atom stereocenters. The van der Waals surface area contributed by atoms with Crippen molar-refractivity contribution < 1.29 is 23.4 Å². The molecule has 3 rings (SSSR count). The maximum Gasteiger partial charge on any atom is 0.278 e. The van der Waals surface area contributed by atoms with E-state index in [4.69, 9.17) is 9.84 Å². The number of hydrogen-bond donors (Lipinski definition) is 2. The molecule has 0 saturated heterocycles. The van der Waals surface area contributed by atoms with E-state index >= 15 is 0 Å². The topological polar surface area (TPSA) is 89.3 Å². The number of aryl methyl sites for hydroxylation is 1. The maximum absolute atomic E-state index is 13.1. The Labute approximate surface area is 185 Å². The van der Waals surface area contributed by atoms with E-state index < -0.39 is 12.5 Å². The van der Waals surface area contributed by atoms with Crippen molar-refractivity contribution in [2.24, 2.45) is 0 Å². The van der Waals surface area contributed by atoms with E-state index in [1.807, 2.05) is 32.2 Å². The van der Waals surface area contributed by atoms with Gasteiger partial charge in [0.05, 0.1) is 23.7 Å². The van der Waals surface area contributed by atoms with Gasteiger partial charge in [0.1, 0.15) is 5.75 Å². The summed E-state index contributed by atoms with van der Waals surface area (Å²) in [5, 5.41) is 17.0. The number of benzene rings is 1. The SMILES string of the molecule is Cc1cc(C(C)n2cc3c(CC(=O)NCCCO)nccc3n2)ccc1OCC(C)(F)F. The fourth-order valence-corrected chi connectivity index (χ4v) is 3.33. The zero-order chi connectivity index (χ0) is 23.3. The molecule has 172 valence electrons. The van der Waals surface area contributed by atoms with Crippen LogP contribution in [0.2, 0.25) is 0 Å². The van der Waals surface area contributed by atoms with Gasteiger partial charge in [0.15, 0.2) is 6.61 Å². The molecule has 0 aliphatic rings. The Kier molecular flexibility index (Phi) is 7.40. The highest BCUT2D eigenvalue weighted by Gasteiger charge is 2.22. The van der Waals surface area contributed by atoms with Crippen LogP contribution in [0.4, 0.5) is 8.78 Å². The molecule has 1 unspecified atom stereocenters. The van der Waals surface area contributed by atoms with Crippen molar-refractivity contribution in [2.45, 2.75) is 45.6 Å². The molecule has 1 amide bonds. The van der Waals surface area contributed by atoms with E-state index in [1.54, 1.807) is 23.0 Å².